The van der Waals surface area contributed by atoms with Gasteiger partial charge >= 0.3 is 0 Å². The fourth-order valence-corrected chi connectivity index (χ4v) is 3.43. The van der Waals surface area contributed by atoms with E-state index < -0.39 is 0 Å². The number of nitrogens with one attached hydrogen (secondary N) is 1. The van der Waals surface area contributed by atoms with Gasteiger partial charge in [0.05, 0.1) is 12.1 Å². The molecule has 1 aromatic rings. The number of nitrogens with zero attached hydrogens (tertiary/aromatic N) is 1. The third-order valence-corrected chi connectivity index (χ3v) is 4.74. The molecule has 0 bridgehead atoms. The quantitative estimate of drug-likeness (QED) is 0.911. The molecule has 1 spiro atoms. The number of carbonyl (C=O) groups excluding carboxylic acids is 1. The number of ether oxygens (including phenoxy) is 1. The van der Waals surface area contributed by atoms with Crippen LogP contribution >= 0.6 is 11.6 Å². The Morgan fingerprint density at radius 2 is 2.05 bits per heavy atom. The second kappa shape index (κ2) is 6.34. The number of morpholine rings is 1. The standard InChI is InChI=1S/C16H21ClN2O2/c17-14-4-2-13(3-5-14)10-19-15(20)11-21-12-16(19)6-1-8-18-9-7-16/h2-5,18H,1,6-12H2. The molecule has 1 aromatic carbocycles. The number of carbonyl (C=O) groups is 1. The summed E-state index contributed by atoms with van der Waals surface area (Å²) in [5.74, 6) is 0.0955. The third-order valence-electron chi connectivity index (χ3n) is 4.49. The lowest BCUT2D eigenvalue weighted by Gasteiger charge is -2.46. The summed E-state index contributed by atoms with van der Waals surface area (Å²) in [7, 11) is 0. The molecule has 0 aliphatic carbocycles. The van der Waals surface area contributed by atoms with Gasteiger partial charge in [0.15, 0.2) is 0 Å². The van der Waals surface area contributed by atoms with Gasteiger partial charge in [-0.3, -0.25) is 4.79 Å². The molecule has 2 aliphatic heterocycles. The Labute approximate surface area is 130 Å². The molecule has 21 heavy (non-hydrogen) atoms. The van der Waals surface area contributed by atoms with E-state index >= 15 is 0 Å². The van der Waals surface area contributed by atoms with Crippen molar-refractivity contribution in [3.05, 3.63) is 34.9 Å². The fraction of sp³-hybridized carbons (Fsp3) is 0.562. The molecule has 2 aliphatic rings. The normalized spacial score (nSPS) is 26.9. The van der Waals surface area contributed by atoms with Gasteiger partial charge in [-0.25, -0.2) is 0 Å². The Balaban J connectivity index is 1.83. The van der Waals surface area contributed by atoms with Crippen LogP contribution < -0.4 is 5.32 Å². The van der Waals surface area contributed by atoms with E-state index in [1.54, 1.807) is 0 Å². The van der Waals surface area contributed by atoms with Crippen molar-refractivity contribution >= 4 is 17.5 Å². The minimum atomic E-state index is -0.154. The van der Waals surface area contributed by atoms with Crippen LogP contribution in [0.3, 0.4) is 0 Å². The van der Waals surface area contributed by atoms with Crippen molar-refractivity contribution in [1.29, 1.82) is 0 Å². The highest BCUT2D eigenvalue weighted by Crippen LogP contribution is 2.32. The zero-order chi connectivity index (χ0) is 14.7. The summed E-state index contributed by atoms with van der Waals surface area (Å²) >= 11 is 5.94. The Hall–Kier alpha value is -1.10. The molecule has 114 valence electrons. The number of rotatable bonds is 2. The maximum Gasteiger partial charge on any atom is 0.249 e. The SMILES string of the molecule is O=C1COCC2(CCCNCC2)N1Cc1ccc(Cl)cc1. The van der Waals surface area contributed by atoms with Crippen LogP contribution in [0.25, 0.3) is 0 Å². The first-order valence-corrected chi connectivity index (χ1v) is 7.91. The average Bonchev–Trinajstić information content (AvgIpc) is 2.72. The van der Waals surface area contributed by atoms with Crippen molar-refractivity contribution in [3.8, 4) is 0 Å². The molecule has 5 heteroatoms. The van der Waals surface area contributed by atoms with Gasteiger partial charge in [0.2, 0.25) is 5.91 Å². The molecule has 3 rings (SSSR count). The minimum Gasteiger partial charge on any atom is -0.369 e. The molecule has 1 unspecified atom stereocenters. The highest BCUT2D eigenvalue weighted by Gasteiger charge is 2.43. The van der Waals surface area contributed by atoms with E-state index in [0.717, 1.165) is 42.9 Å². The first-order chi connectivity index (χ1) is 10.2. The summed E-state index contributed by atoms with van der Waals surface area (Å²) in [6.07, 6.45) is 3.03. The number of benzene rings is 1. The van der Waals surface area contributed by atoms with E-state index in [1.165, 1.54) is 0 Å². The summed E-state index contributed by atoms with van der Waals surface area (Å²) in [5.41, 5.74) is 0.963. The Morgan fingerprint density at radius 1 is 1.24 bits per heavy atom. The predicted octanol–water partition coefficient (Wildman–Crippen LogP) is 2.21. The third kappa shape index (κ3) is 3.23. The van der Waals surface area contributed by atoms with Crippen molar-refractivity contribution in [1.82, 2.24) is 10.2 Å². The molecule has 0 saturated carbocycles. The monoisotopic (exact) mass is 308 g/mol. The van der Waals surface area contributed by atoms with E-state index in [4.69, 9.17) is 16.3 Å². The van der Waals surface area contributed by atoms with Gasteiger partial charge in [-0.05, 0) is 50.0 Å². The molecule has 2 heterocycles. The van der Waals surface area contributed by atoms with Crippen LogP contribution in [0, 0.1) is 0 Å². The number of hydrogen-bond acceptors (Lipinski definition) is 3. The van der Waals surface area contributed by atoms with Gasteiger partial charge in [0, 0.05) is 11.6 Å². The van der Waals surface area contributed by atoms with E-state index in [9.17, 15) is 4.79 Å². The molecule has 2 saturated heterocycles. The van der Waals surface area contributed by atoms with E-state index in [1.807, 2.05) is 29.2 Å². The van der Waals surface area contributed by atoms with E-state index in [0.29, 0.717) is 13.2 Å². The molecule has 2 fully saturated rings. The smallest absolute Gasteiger partial charge is 0.249 e. The molecular formula is C16H21ClN2O2. The lowest BCUT2D eigenvalue weighted by molar-refractivity contribution is -0.160. The Kier molecular flexibility index (Phi) is 4.48. The molecular weight excluding hydrogens is 288 g/mol. The molecule has 1 N–H and O–H groups in total. The van der Waals surface area contributed by atoms with Crippen LogP contribution in [0.2, 0.25) is 5.02 Å². The maximum absolute atomic E-state index is 12.4. The molecule has 4 nitrogen and oxygen atoms in total. The van der Waals surface area contributed by atoms with Crippen LogP contribution in [0.4, 0.5) is 0 Å². The van der Waals surface area contributed by atoms with Gasteiger partial charge in [0.1, 0.15) is 6.61 Å². The second-order valence-electron chi connectivity index (χ2n) is 5.93. The molecule has 0 radical (unpaired) electrons. The van der Waals surface area contributed by atoms with Gasteiger partial charge < -0.3 is 15.0 Å². The van der Waals surface area contributed by atoms with Crippen molar-refractivity contribution in [2.24, 2.45) is 0 Å². The van der Waals surface area contributed by atoms with Crippen LogP contribution in [-0.4, -0.2) is 42.6 Å². The maximum atomic E-state index is 12.4. The number of hydrogen-bond donors (Lipinski definition) is 1. The first-order valence-electron chi connectivity index (χ1n) is 7.53. The number of halogens is 1. The fourth-order valence-electron chi connectivity index (χ4n) is 3.30. The van der Waals surface area contributed by atoms with Crippen molar-refractivity contribution in [3.63, 3.8) is 0 Å². The van der Waals surface area contributed by atoms with Crippen molar-refractivity contribution in [2.75, 3.05) is 26.3 Å². The molecule has 1 atom stereocenters. The summed E-state index contributed by atoms with van der Waals surface area (Å²) in [6.45, 7) is 3.44. The van der Waals surface area contributed by atoms with Gasteiger partial charge in [-0.2, -0.15) is 0 Å². The number of amides is 1. The topological polar surface area (TPSA) is 41.6 Å². The van der Waals surface area contributed by atoms with Crippen LogP contribution in [0.1, 0.15) is 24.8 Å². The van der Waals surface area contributed by atoms with Crippen LogP contribution in [0.5, 0.6) is 0 Å². The highest BCUT2D eigenvalue weighted by atomic mass is 35.5. The molecule has 1 amide bonds. The Morgan fingerprint density at radius 3 is 2.86 bits per heavy atom. The van der Waals surface area contributed by atoms with Gasteiger partial charge in [-0.15, -0.1) is 0 Å². The van der Waals surface area contributed by atoms with Gasteiger partial charge in [0.25, 0.3) is 0 Å². The largest absolute Gasteiger partial charge is 0.369 e. The highest BCUT2D eigenvalue weighted by molar-refractivity contribution is 6.30. The van der Waals surface area contributed by atoms with Crippen molar-refractivity contribution < 1.29 is 9.53 Å². The average molecular weight is 309 g/mol. The van der Waals surface area contributed by atoms with E-state index in [2.05, 4.69) is 5.32 Å². The lowest BCUT2D eigenvalue weighted by atomic mass is 9.87. The van der Waals surface area contributed by atoms with Gasteiger partial charge in [-0.1, -0.05) is 23.7 Å². The zero-order valence-corrected chi connectivity index (χ0v) is 12.9. The molecule has 0 aromatic heterocycles. The Bertz CT molecular complexity index is 496. The summed E-state index contributed by atoms with van der Waals surface area (Å²) in [5, 5.41) is 4.14. The summed E-state index contributed by atoms with van der Waals surface area (Å²) < 4.78 is 5.58. The van der Waals surface area contributed by atoms with Crippen LogP contribution in [-0.2, 0) is 16.1 Å². The minimum absolute atomic E-state index is 0.0955. The summed E-state index contributed by atoms with van der Waals surface area (Å²) in [4.78, 5) is 14.4. The van der Waals surface area contributed by atoms with E-state index in [-0.39, 0.29) is 18.1 Å². The van der Waals surface area contributed by atoms with Crippen LogP contribution in [0.15, 0.2) is 24.3 Å². The zero-order valence-electron chi connectivity index (χ0n) is 12.1. The lowest BCUT2D eigenvalue weighted by Crippen LogP contribution is -2.59. The summed E-state index contributed by atoms with van der Waals surface area (Å²) in [6, 6.07) is 7.74. The first kappa shape index (κ1) is 14.8. The predicted molar refractivity (Wildman–Crippen MR) is 82.3 cm³/mol. The second-order valence-corrected chi connectivity index (χ2v) is 6.36. The van der Waals surface area contributed by atoms with Crippen molar-refractivity contribution in [2.45, 2.75) is 31.3 Å².